The van der Waals surface area contributed by atoms with Crippen molar-refractivity contribution in [3.05, 3.63) is 58.0 Å². The molecule has 1 atom stereocenters. The van der Waals surface area contributed by atoms with E-state index in [1.165, 1.54) is 10.6 Å². The highest BCUT2D eigenvalue weighted by Gasteiger charge is 2.24. The highest BCUT2D eigenvalue weighted by atomic mass is 19.1. The van der Waals surface area contributed by atoms with Gasteiger partial charge in [-0.3, -0.25) is 9.36 Å². The van der Waals surface area contributed by atoms with Crippen molar-refractivity contribution in [2.24, 2.45) is 0 Å². The molecule has 1 fully saturated rings. The van der Waals surface area contributed by atoms with Crippen molar-refractivity contribution in [2.75, 3.05) is 24.5 Å². The number of hydrogen-bond acceptors (Lipinski definition) is 6. The molecule has 8 nitrogen and oxygen atoms in total. The zero-order chi connectivity index (χ0) is 20.7. The molecule has 29 heavy (non-hydrogen) atoms. The number of anilines is 1. The average Bonchev–Trinajstić information content (AvgIpc) is 2.69. The van der Waals surface area contributed by atoms with Gasteiger partial charge in [0.2, 0.25) is 5.43 Å². The molecule has 2 N–H and O–H groups in total. The number of pyridine rings is 3. The van der Waals surface area contributed by atoms with E-state index in [0.29, 0.717) is 19.6 Å². The number of aromatic nitrogens is 3. The third-order valence-corrected chi connectivity index (χ3v) is 4.77. The number of fused-ring (bicyclic) bond motifs is 1. The average molecular weight is 401 g/mol. The molecule has 0 bridgehead atoms. The van der Waals surface area contributed by atoms with E-state index in [0.717, 1.165) is 24.5 Å². The smallest absolute Gasteiger partial charge is 0.341 e. The minimum atomic E-state index is -1.46. The molecule has 0 aliphatic carbocycles. The van der Waals surface area contributed by atoms with Crippen molar-refractivity contribution in [1.82, 2.24) is 19.9 Å². The summed E-state index contributed by atoms with van der Waals surface area (Å²) in [5.74, 6) is -2.55. The molecule has 4 rings (SSSR count). The maximum absolute atomic E-state index is 14.8. The van der Waals surface area contributed by atoms with Crippen LogP contribution < -0.4 is 15.6 Å². The number of hydrogen-bond donors (Lipinski definition) is 2. The second-order valence-corrected chi connectivity index (χ2v) is 6.85. The minimum absolute atomic E-state index is 0.0432. The summed E-state index contributed by atoms with van der Waals surface area (Å²) in [5, 5.41) is 12.4. The zero-order valence-corrected chi connectivity index (χ0v) is 15.4. The number of carbonyl (C=O) groups is 1. The lowest BCUT2D eigenvalue weighted by atomic mass is 10.1. The predicted octanol–water partition coefficient (Wildman–Crippen LogP) is 1.56. The third-order valence-electron chi connectivity index (χ3n) is 4.77. The lowest BCUT2D eigenvalue weighted by molar-refractivity contribution is 0.0695. The Morgan fingerprint density at radius 1 is 1.34 bits per heavy atom. The monoisotopic (exact) mass is 401 g/mol. The van der Waals surface area contributed by atoms with E-state index in [1.54, 1.807) is 4.90 Å². The molecule has 1 aliphatic heterocycles. The van der Waals surface area contributed by atoms with E-state index in [4.69, 9.17) is 0 Å². The second kappa shape index (κ2) is 7.21. The molecule has 1 saturated heterocycles. The van der Waals surface area contributed by atoms with Gasteiger partial charge in [0.25, 0.3) is 0 Å². The molecule has 0 aromatic carbocycles. The largest absolute Gasteiger partial charge is 0.477 e. The van der Waals surface area contributed by atoms with Gasteiger partial charge < -0.3 is 15.3 Å². The van der Waals surface area contributed by atoms with Gasteiger partial charge in [-0.05, 0) is 25.1 Å². The van der Waals surface area contributed by atoms with Gasteiger partial charge in [-0.25, -0.2) is 23.5 Å². The fourth-order valence-corrected chi connectivity index (χ4v) is 3.40. The Kier molecular flexibility index (Phi) is 4.71. The Hall–Kier alpha value is -3.40. The van der Waals surface area contributed by atoms with Gasteiger partial charge in [0.1, 0.15) is 17.2 Å². The van der Waals surface area contributed by atoms with Gasteiger partial charge in [0, 0.05) is 31.9 Å². The SMILES string of the molecule is CC1CN(c2nc3c(cc2F)c(=O)c(C(=O)O)cn3-c2ccc(F)cn2)CCN1. The summed E-state index contributed by atoms with van der Waals surface area (Å²) < 4.78 is 29.4. The first kappa shape index (κ1) is 18.9. The molecular formula is C19H17F2N5O3. The third kappa shape index (κ3) is 3.42. The van der Waals surface area contributed by atoms with Crippen LogP contribution in [-0.2, 0) is 0 Å². The van der Waals surface area contributed by atoms with Crippen molar-refractivity contribution in [1.29, 1.82) is 0 Å². The Balaban J connectivity index is 1.99. The van der Waals surface area contributed by atoms with E-state index in [-0.39, 0.29) is 28.7 Å². The summed E-state index contributed by atoms with van der Waals surface area (Å²) in [6.07, 6.45) is 2.03. The van der Waals surface area contributed by atoms with Gasteiger partial charge in [0.05, 0.1) is 11.6 Å². The quantitative estimate of drug-likeness (QED) is 0.687. The first-order valence-electron chi connectivity index (χ1n) is 8.94. The summed E-state index contributed by atoms with van der Waals surface area (Å²) in [4.78, 5) is 34.2. The van der Waals surface area contributed by atoms with E-state index in [1.807, 2.05) is 6.92 Å². The van der Waals surface area contributed by atoms with Crippen molar-refractivity contribution in [3.8, 4) is 5.82 Å². The summed E-state index contributed by atoms with van der Waals surface area (Å²) >= 11 is 0. The summed E-state index contributed by atoms with van der Waals surface area (Å²) in [6, 6.07) is 3.59. The molecule has 0 amide bonds. The van der Waals surface area contributed by atoms with E-state index < -0.39 is 28.6 Å². The van der Waals surface area contributed by atoms with Crippen LogP contribution in [0.25, 0.3) is 16.9 Å². The molecule has 150 valence electrons. The molecule has 4 heterocycles. The topological polar surface area (TPSA) is 100 Å². The van der Waals surface area contributed by atoms with Crippen LogP contribution in [0.3, 0.4) is 0 Å². The van der Waals surface area contributed by atoms with E-state index in [9.17, 15) is 23.5 Å². The number of carboxylic acid groups (broad SMARTS) is 1. The predicted molar refractivity (Wildman–Crippen MR) is 102 cm³/mol. The van der Waals surface area contributed by atoms with E-state index in [2.05, 4.69) is 15.3 Å². The minimum Gasteiger partial charge on any atom is -0.477 e. The fraction of sp³-hybridized carbons (Fsp3) is 0.263. The van der Waals surface area contributed by atoms with Gasteiger partial charge >= 0.3 is 5.97 Å². The zero-order valence-electron chi connectivity index (χ0n) is 15.4. The number of nitrogens with one attached hydrogen (secondary N) is 1. The number of halogens is 2. The van der Waals surface area contributed by atoms with Crippen molar-refractivity contribution in [2.45, 2.75) is 13.0 Å². The molecule has 3 aromatic heterocycles. The molecular weight excluding hydrogens is 384 g/mol. The Bertz CT molecular complexity index is 1160. The van der Waals surface area contributed by atoms with Crippen LogP contribution in [0.1, 0.15) is 17.3 Å². The van der Waals surface area contributed by atoms with Crippen LogP contribution in [0.15, 0.2) is 35.4 Å². The van der Waals surface area contributed by atoms with Gasteiger partial charge in [-0.15, -0.1) is 0 Å². The number of carboxylic acids is 1. The van der Waals surface area contributed by atoms with Crippen LogP contribution in [-0.4, -0.2) is 51.3 Å². The van der Waals surface area contributed by atoms with Crippen LogP contribution in [0.2, 0.25) is 0 Å². The summed E-state index contributed by atoms with van der Waals surface area (Å²) in [7, 11) is 0. The summed E-state index contributed by atoms with van der Waals surface area (Å²) in [5.41, 5.74) is -1.37. The fourth-order valence-electron chi connectivity index (χ4n) is 3.40. The second-order valence-electron chi connectivity index (χ2n) is 6.85. The maximum atomic E-state index is 14.8. The van der Waals surface area contributed by atoms with E-state index >= 15 is 0 Å². The Morgan fingerprint density at radius 2 is 2.14 bits per heavy atom. The van der Waals surface area contributed by atoms with Crippen LogP contribution >= 0.6 is 0 Å². The number of nitrogens with zero attached hydrogens (tertiary/aromatic N) is 4. The molecule has 1 unspecified atom stereocenters. The van der Waals surface area contributed by atoms with Crippen LogP contribution in [0.5, 0.6) is 0 Å². The molecule has 3 aromatic rings. The van der Waals surface area contributed by atoms with Gasteiger partial charge in [-0.2, -0.15) is 0 Å². The number of rotatable bonds is 3. The number of piperazine rings is 1. The van der Waals surface area contributed by atoms with Gasteiger partial charge in [-0.1, -0.05) is 0 Å². The first-order chi connectivity index (χ1) is 13.8. The summed E-state index contributed by atoms with van der Waals surface area (Å²) in [6.45, 7) is 3.64. The van der Waals surface area contributed by atoms with Crippen molar-refractivity contribution < 1.29 is 18.7 Å². The van der Waals surface area contributed by atoms with Crippen LogP contribution in [0, 0.1) is 11.6 Å². The normalized spacial score (nSPS) is 16.9. The molecule has 0 saturated carbocycles. The highest BCUT2D eigenvalue weighted by Crippen LogP contribution is 2.24. The van der Waals surface area contributed by atoms with Crippen molar-refractivity contribution in [3.63, 3.8) is 0 Å². The van der Waals surface area contributed by atoms with Crippen molar-refractivity contribution >= 4 is 22.8 Å². The standard InChI is InChI=1S/C19H17F2N5O3/c1-10-8-25(5-4-22-10)18-14(21)6-12-16(27)13(19(28)29)9-26(17(12)24-18)15-3-2-11(20)7-23-15/h2-3,6-7,9-10,22H,4-5,8H2,1H3,(H,28,29). The lowest BCUT2D eigenvalue weighted by Gasteiger charge is -2.33. The Labute approximate surface area is 163 Å². The molecule has 10 heteroatoms. The molecule has 1 aliphatic rings. The first-order valence-corrected chi connectivity index (χ1v) is 8.94. The maximum Gasteiger partial charge on any atom is 0.341 e. The lowest BCUT2D eigenvalue weighted by Crippen LogP contribution is -2.49. The number of aromatic carboxylic acids is 1. The molecule has 0 spiro atoms. The highest BCUT2D eigenvalue weighted by molar-refractivity contribution is 5.92. The Morgan fingerprint density at radius 3 is 2.79 bits per heavy atom. The van der Waals surface area contributed by atoms with Gasteiger partial charge in [0.15, 0.2) is 17.3 Å². The van der Waals surface area contributed by atoms with Crippen LogP contribution in [0.4, 0.5) is 14.6 Å². The molecule has 0 radical (unpaired) electrons.